The summed E-state index contributed by atoms with van der Waals surface area (Å²) in [4.78, 5) is 15.0. The molecule has 2 aliphatic heterocycles. The zero-order valence-electron chi connectivity index (χ0n) is 15.7. The molecule has 1 amide bonds. The first-order chi connectivity index (χ1) is 14.1. The Hall–Kier alpha value is -3.32. The van der Waals surface area contributed by atoms with Crippen LogP contribution in [0.3, 0.4) is 0 Å². The van der Waals surface area contributed by atoms with E-state index in [1.165, 1.54) is 0 Å². The van der Waals surface area contributed by atoms with Crippen LogP contribution in [0.1, 0.15) is 40.5 Å². The van der Waals surface area contributed by atoms with Gasteiger partial charge in [-0.3, -0.25) is 9.89 Å². The number of aromatic nitrogens is 2. The molecule has 148 valence electrons. The molecule has 2 aromatic carbocycles. The second kappa shape index (κ2) is 6.93. The van der Waals surface area contributed by atoms with Gasteiger partial charge in [0, 0.05) is 24.3 Å². The van der Waals surface area contributed by atoms with Gasteiger partial charge in [0.05, 0.1) is 12.1 Å². The molecule has 0 bridgehead atoms. The van der Waals surface area contributed by atoms with E-state index in [1.54, 1.807) is 41.3 Å². The minimum absolute atomic E-state index is 0.00991. The maximum absolute atomic E-state index is 13.3. The van der Waals surface area contributed by atoms with E-state index >= 15 is 0 Å². The van der Waals surface area contributed by atoms with Crippen LogP contribution in [0.15, 0.2) is 48.5 Å². The first-order valence-electron chi connectivity index (χ1n) is 9.71. The number of phenols is 2. The molecule has 1 aromatic heterocycles. The second-order valence-corrected chi connectivity index (χ2v) is 7.47. The standard InChI is InChI=1S/C22H21N3O4/c26-14-6-3-5-13(11-14)21-18-19(16-8-1-2-9-17(16)27)23-24-20(18)22(28)25(21)12-15-7-4-10-29-15/h1-3,5-6,8-9,11,15,21,26-27H,4,7,10,12H2,(H,23,24). The lowest BCUT2D eigenvalue weighted by molar-refractivity contribution is 0.0495. The Kier molecular flexibility index (Phi) is 4.24. The van der Waals surface area contributed by atoms with Gasteiger partial charge in [-0.05, 0) is 42.7 Å². The van der Waals surface area contributed by atoms with Crippen molar-refractivity contribution < 1.29 is 19.7 Å². The third-order valence-corrected chi connectivity index (χ3v) is 5.63. The van der Waals surface area contributed by atoms with Crippen molar-refractivity contribution in [3.05, 3.63) is 65.4 Å². The molecule has 3 heterocycles. The number of H-pyrrole nitrogens is 1. The van der Waals surface area contributed by atoms with Crippen LogP contribution in [0.4, 0.5) is 0 Å². The summed E-state index contributed by atoms with van der Waals surface area (Å²) in [5.74, 6) is 0.0765. The maximum Gasteiger partial charge on any atom is 0.273 e. The van der Waals surface area contributed by atoms with Crippen LogP contribution in [-0.4, -0.2) is 50.5 Å². The van der Waals surface area contributed by atoms with E-state index in [0.29, 0.717) is 35.7 Å². The van der Waals surface area contributed by atoms with Crippen LogP contribution in [0, 0.1) is 0 Å². The summed E-state index contributed by atoms with van der Waals surface area (Å²) in [6, 6.07) is 13.4. The van der Waals surface area contributed by atoms with Gasteiger partial charge >= 0.3 is 0 Å². The van der Waals surface area contributed by atoms with E-state index in [0.717, 1.165) is 18.4 Å². The molecular weight excluding hydrogens is 370 g/mol. The minimum atomic E-state index is -0.429. The Morgan fingerprint density at radius 3 is 2.79 bits per heavy atom. The van der Waals surface area contributed by atoms with Crippen molar-refractivity contribution in [2.75, 3.05) is 13.2 Å². The van der Waals surface area contributed by atoms with E-state index in [9.17, 15) is 15.0 Å². The third-order valence-electron chi connectivity index (χ3n) is 5.63. The van der Waals surface area contributed by atoms with Crippen molar-refractivity contribution in [1.29, 1.82) is 0 Å². The number of carbonyl (C=O) groups excluding carboxylic acids is 1. The van der Waals surface area contributed by atoms with Gasteiger partial charge in [0.25, 0.3) is 5.91 Å². The molecule has 0 spiro atoms. The number of fused-ring (bicyclic) bond motifs is 1. The molecule has 0 aliphatic carbocycles. The second-order valence-electron chi connectivity index (χ2n) is 7.47. The molecule has 3 N–H and O–H groups in total. The fourth-order valence-corrected chi connectivity index (χ4v) is 4.31. The number of ether oxygens (including phenoxy) is 1. The summed E-state index contributed by atoms with van der Waals surface area (Å²) in [5, 5.41) is 27.6. The average molecular weight is 391 g/mol. The first kappa shape index (κ1) is 17.8. The van der Waals surface area contributed by atoms with Gasteiger partial charge in [-0.15, -0.1) is 0 Å². The SMILES string of the molecule is O=C1c2[nH]nc(-c3ccccc3O)c2C(c2cccc(O)c2)N1CC1CCCO1. The molecule has 29 heavy (non-hydrogen) atoms. The molecule has 3 aromatic rings. The summed E-state index contributed by atoms with van der Waals surface area (Å²) >= 11 is 0. The summed E-state index contributed by atoms with van der Waals surface area (Å²) in [7, 11) is 0. The quantitative estimate of drug-likeness (QED) is 0.634. The Bertz CT molecular complexity index is 1070. The largest absolute Gasteiger partial charge is 0.508 e. The normalized spacial score (nSPS) is 21.0. The number of benzene rings is 2. The number of aromatic hydroxyl groups is 2. The summed E-state index contributed by atoms with van der Waals surface area (Å²) < 4.78 is 5.77. The number of nitrogens with one attached hydrogen (secondary N) is 1. The number of hydrogen-bond donors (Lipinski definition) is 3. The van der Waals surface area contributed by atoms with E-state index in [4.69, 9.17) is 4.74 Å². The molecule has 7 heteroatoms. The molecule has 5 rings (SSSR count). The number of amides is 1. The Balaban J connectivity index is 1.65. The van der Waals surface area contributed by atoms with Gasteiger partial charge in [0.2, 0.25) is 0 Å². The fraction of sp³-hybridized carbons (Fsp3) is 0.273. The minimum Gasteiger partial charge on any atom is -0.508 e. The average Bonchev–Trinajstić information content (AvgIpc) is 3.42. The van der Waals surface area contributed by atoms with Gasteiger partial charge < -0.3 is 19.8 Å². The number of rotatable bonds is 4. The van der Waals surface area contributed by atoms with Gasteiger partial charge in [0.15, 0.2) is 0 Å². The number of hydrogen-bond acceptors (Lipinski definition) is 5. The van der Waals surface area contributed by atoms with Crippen molar-refractivity contribution in [2.45, 2.75) is 25.0 Å². The van der Waals surface area contributed by atoms with Crippen LogP contribution in [-0.2, 0) is 4.74 Å². The van der Waals surface area contributed by atoms with Crippen LogP contribution >= 0.6 is 0 Å². The Labute approximate surface area is 167 Å². The molecule has 0 saturated carbocycles. The smallest absolute Gasteiger partial charge is 0.273 e. The third kappa shape index (κ3) is 2.94. The fourth-order valence-electron chi connectivity index (χ4n) is 4.31. The van der Waals surface area contributed by atoms with E-state index in [1.807, 2.05) is 12.1 Å². The Morgan fingerprint density at radius 1 is 1.17 bits per heavy atom. The predicted octanol–water partition coefficient (Wildman–Crippen LogP) is 3.21. The summed E-state index contributed by atoms with van der Waals surface area (Å²) in [5.41, 5.74) is 3.00. The first-order valence-corrected chi connectivity index (χ1v) is 9.71. The lowest BCUT2D eigenvalue weighted by Crippen LogP contribution is -2.36. The molecular formula is C22H21N3O4. The zero-order valence-corrected chi connectivity index (χ0v) is 15.7. The summed E-state index contributed by atoms with van der Waals surface area (Å²) in [6.45, 7) is 1.17. The van der Waals surface area contributed by atoms with Crippen LogP contribution < -0.4 is 0 Å². The number of phenolic OH excluding ortho intramolecular Hbond substituents is 2. The van der Waals surface area contributed by atoms with Crippen molar-refractivity contribution in [2.24, 2.45) is 0 Å². The highest BCUT2D eigenvalue weighted by molar-refractivity contribution is 6.00. The van der Waals surface area contributed by atoms with Crippen molar-refractivity contribution >= 4 is 5.91 Å². The number of aromatic amines is 1. The Morgan fingerprint density at radius 2 is 2.03 bits per heavy atom. The van der Waals surface area contributed by atoms with Gasteiger partial charge in [-0.1, -0.05) is 24.3 Å². The molecule has 1 saturated heterocycles. The van der Waals surface area contributed by atoms with Crippen molar-refractivity contribution in [3.63, 3.8) is 0 Å². The van der Waals surface area contributed by atoms with Gasteiger partial charge in [-0.25, -0.2) is 0 Å². The van der Waals surface area contributed by atoms with Gasteiger partial charge in [0.1, 0.15) is 22.9 Å². The molecule has 1 fully saturated rings. The highest BCUT2D eigenvalue weighted by atomic mass is 16.5. The van der Waals surface area contributed by atoms with E-state index < -0.39 is 6.04 Å². The number of nitrogens with zero attached hydrogens (tertiary/aromatic N) is 2. The molecule has 2 aliphatic rings. The zero-order chi connectivity index (χ0) is 20.0. The lowest BCUT2D eigenvalue weighted by Gasteiger charge is -2.28. The highest BCUT2D eigenvalue weighted by Gasteiger charge is 2.43. The highest BCUT2D eigenvalue weighted by Crippen LogP contribution is 2.45. The predicted molar refractivity (Wildman–Crippen MR) is 106 cm³/mol. The molecule has 2 unspecified atom stereocenters. The number of carbonyl (C=O) groups is 1. The van der Waals surface area contributed by atoms with E-state index in [2.05, 4.69) is 10.2 Å². The maximum atomic E-state index is 13.3. The van der Waals surface area contributed by atoms with Crippen molar-refractivity contribution in [3.8, 4) is 22.8 Å². The van der Waals surface area contributed by atoms with Crippen LogP contribution in [0.5, 0.6) is 11.5 Å². The monoisotopic (exact) mass is 391 g/mol. The molecule has 7 nitrogen and oxygen atoms in total. The summed E-state index contributed by atoms with van der Waals surface area (Å²) in [6.07, 6.45) is 1.89. The molecule has 2 atom stereocenters. The number of para-hydroxylation sites is 1. The lowest BCUT2D eigenvalue weighted by atomic mass is 9.95. The van der Waals surface area contributed by atoms with Crippen LogP contribution in [0.25, 0.3) is 11.3 Å². The van der Waals surface area contributed by atoms with Crippen LogP contribution in [0.2, 0.25) is 0 Å². The van der Waals surface area contributed by atoms with E-state index in [-0.39, 0.29) is 23.5 Å². The topological polar surface area (TPSA) is 98.7 Å². The van der Waals surface area contributed by atoms with Crippen molar-refractivity contribution in [1.82, 2.24) is 15.1 Å². The molecule has 0 radical (unpaired) electrons. The van der Waals surface area contributed by atoms with Gasteiger partial charge in [-0.2, -0.15) is 5.10 Å².